The Balaban J connectivity index is 2.46. The van der Waals surface area contributed by atoms with E-state index in [2.05, 4.69) is 15.9 Å². The molecule has 104 valence electrons. The van der Waals surface area contributed by atoms with E-state index < -0.39 is 30.0 Å². The zero-order valence-electron chi connectivity index (χ0n) is 11.6. The van der Waals surface area contributed by atoms with E-state index in [4.69, 9.17) is 9.31 Å². The molecule has 0 unspecified atom stereocenters. The topological polar surface area (TPSA) is 18.5 Å². The summed E-state index contributed by atoms with van der Waals surface area (Å²) in [6.07, 6.45) is 0. The van der Waals surface area contributed by atoms with Gasteiger partial charge in [-0.3, -0.25) is 0 Å². The second-order valence-corrected chi connectivity index (χ2v) is 6.64. The van der Waals surface area contributed by atoms with Gasteiger partial charge in [0.1, 0.15) is 11.6 Å². The lowest BCUT2D eigenvalue weighted by atomic mass is 9.78. The predicted octanol–water partition coefficient (Wildman–Crippen LogP) is 3.33. The third-order valence-corrected chi connectivity index (χ3v) is 4.49. The highest BCUT2D eigenvalue weighted by Crippen LogP contribution is 2.37. The average Bonchev–Trinajstić information content (AvgIpc) is 2.50. The van der Waals surface area contributed by atoms with Crippen molar-refractivity contribution in [2.75, 3.05) is 0 Å². The van der Waals surface area contributed by atoms with Crippen LogP contribution in [0.3, 0.4) is 0 Å². The highest BCUT2D eigenvalue weighted by Gasteiger charge is 2.52. The van der Waals surface area contributed by atoms with E-state index in [1.54, 1.807) is 0 Å². The predicted molar refractivity (Wildman–Crippen MR) is 74.5 cm³/mol. The third-order valence-electron chi connectivity index (χ3n) is 3.91. The molecule has 0 spiro atoms. The molecule has 0 N–H and O–H groups in total. The van der Waals surface area contributed by atoms with Gasteiger partial charge >= 0.3 is 7.12 Å². The zero-order valence-corrected chi connectivity index (χ0v) is 13.2. The number of rotatable bonds is 1. The van der Waals surface area contributed by atoms with Gasteiger partial charge in [-0.2, -0.15) is 0 Å². The van der Waals surface area contributed by atoms with Crippen molar-refractivity contribution in [3.63, 3.8) is 0 Å². The van der Waals surface area contributed by atoms with Crippen molar-refractivity contribution < 1.29 is 18.1 Å². The molecule has 2 rings (SSSR count). The summed E-state index contributed by atoms with van der Waals surface area (Å²) in [6, 6.07) is 1.37. The Hall–Kier alpha value is -0.455. The van der Waals surface area contributed by atoms with Crippen LogP contribution in [-0.4, -0.2) is 18.3 Å². The summed E-state index contributed by atoms with van der Waals surface area (Å²) in [5.41, 5.74) is -0.943. The van der Waals surface area contributed by atoms with Crippen LogP contribution in [0, 0.1) is 18.6 Å². The number of benzene rings is 1. The van der Waals surface area contributed by atoms with Crippen LogP contribution in [-0.2, 0) is 9.31 Å². The zero-order chi connectivity index (χ0) is 14.6. The van der Waals surface area contributed by atoms with Crippen molar-refractivity contribution in [2.24, 2.45) is 0 Å². The highest BCUT2D eigenvalue weighted by atomic mass is 79.9. The minimum Gasteiger partial charge on any atom is -0.399 e. The highest BCUT2D eigenvalue weighted by molar-refractivity contribution is 9.10. The minimum absolute atomic E-state index is 0.0425. The van der Waals surface area contributed by atoms with Gasteiger partial charge in [-0.05, 0) is 56.6 Å². The Kier molecular flexibility index (Phi) is 3.57. The molecule has 19 heavy (non-hydrogen) atoms. The summed E-state index contributed by atoms with van der Waals surface area (Å²) in [6.45, 7) is 8.93. The van der Waals surface area contributed by atoms with Crippen LogP contribution in [0.15, 0.2) is 10.5 Å². The molecule has 0 atom stereocenters. The lowest BCUT2D eigenvalue weighted by Gasteiger charge is -2.32. The molecule has 6 heteroatoms. The van der Waals surface area contributed by atoms with Crippen LogP contribution in [0.4, 0.5) is 8.78 Å². The quantitative estimate of drug-likeness (QED) is 0.580. The van der Waals surface area contributed by atoms with Crippen molar-refractivity contribution >= 4 is 28.5 Å². The maximum absolute atomic E-state index is 14.2. The number of hydrogen-bond donors (Lipinski definition) is 0. The van der Waals surface area contributed by atoms with Gasteiger partial charge in [0.25, 0.3) is 0 Å². The lowest BCUT2D eigenvalue weighted by molar-refractivity contribution is 0.00578. The van der Waals surface area contributed by atoms with E-state index >= 15 is 0 Å². The van der Waals surface area contributed by atoms with Crippen molar-refractivity contribution in [3.8, 4) is 0 Å². The van der Waals surface area contributed by atoms with Crippen LogP contribution >= 0.6 is 15.9 Å². The van der Waals surface area contributed by atoms with Crippen LogP contribution in [0.2, 0.25) is 0 Å². The monoisotopic (exact) mass is 332 g/mol. The summed E-state index contributed by atoms with van der Waals surface area (Å²) < 4.78 is 39.5. The van der Waals surface area contributed by atoms with Gasteiger partial charge < -0.3 is 9.31 Å². The summed E-state index contributed by atoms with van der Waals surface area (Å²) in [5.74, 6) is -1.23. The third kappa shape index (κ3) is 2.34. The van der Waals surface area contributed by atoms with Crippen molar-refractivity contribution in [1.82, 2.24) is 0 Å². The standard InChI is InChI=1S/C13H16BBrF2O2/c1-7-10(16)8(6-9(15)11(7)17)14-18-12(2,3)13(4,5)19-14/h6H,1-5H3. The normalized spacial score (nSPS) is 20.9. The molecule has 1 aromatic rings. The smallest absolute Gasteiger partial charge is 0.399 e. The van der Waals surface area contributed by atoms with Crippen molar-refractivity contribution in [3.05, 3.63) is 27.7 Å². The largest absolute Gasteiger partial charge is 0.497 e. The molecule has 0 radical (unpaired) electrons. The van der Waals surface area contributed by atoms with Gasteiger partial charge in [-0.25, -0.2) is 8.78 Å². The molecule has 2 nitrogen and oxygen atoms in total. The first kappa shape index (κ1) is 14.9. The van der Waals surface area contributed by atoms with Gasteiger partial charge in [-0.15, -0.1) is 0 Å². The molecular weight excluding hydrogens is 317 g/mol. The van der Waals surface area contributed by atoms with Gasteiger partial charge in [0.05, 0.1) is 15.7 Å². The van der Waals surface area contributed by atoms with Crippen LogP contribution < -0.4 is 5.46 Å². The van der Waals surface area contributed by atoms with Crippen LogP contribution in [0.25, 0.3) is 0 Å². The van der Waals surface area contributed by atoms with E-state index in [-0.39, 0.29) is 15.5 Å². The van der Waals surface area contributed by atoms with Crippen LogP contribution in [0.5, 0.6) is 0 Å². The first-order valence-electron chi connectivity index (χ1n) is 6.06. The van der Waals surface area contributed by atoms with E-state index in [1.165, 1.54) is 13.0 Å². The van der Waals surface area contributed by atoms with Gasteiger partial charge in [0.2, 0.25) is 0 Å². The summed E-state index contributed by atoms with van der Waals surface area (Å²) in [4.78, 5) is 0. The number of halogens is 3. The molecule has 1 aliphatic rings. The minimum atomic E-state index is -0.833. The van der Waals surface area contributed by atoms with Crippen molar-refractivity contribution in [1.29, 1.82) is 0 Å². The molecule has 0 saturated carbocycles. The lowest BCUT2D eigenvalue weighted by Crippen LogP contribution is -2.41. The Morgan fingerprint density at radius 3 is 2.00 bits per heavy atom. The molecule has 1 aliphatic heterocycles. The SMILES string of the molecule is Cc1c(F)c(Br)cc(B2OC(C)(C)C(C)(C)O2)c1F. The maximum Gasteiger partial charge on any atom is 0.497 e. The summed E-state index contributed by atoms with van der Waals surface area (Å²) >= 11 is 3.08. The molecule has 0 aliphatic carbocycles. The summed E-state index contributed by atoms with van der Waals surface area (Å²) in [7, 11) is -0.833. The maximum atomic E-state index is 14.2. The fourth-order valence-electron chi connectivity index (χ4n) is 1.90. The van der Waals surface area contributed by atoms with Gasteiger partial charge in [0, 0.05) is 11.0 Å². The Bertz CT molecular complexity index is 516. The first-order valence-corrected chi connectivity index (χ1v) is 6.86. The molecule has 0 bridgehead atoms. The average molecular weight is 333 g/mol. The Morgan fingerprint density at radius 2 is 1.53 bits per heavy atom. The number of hydrogen-bond acceptors (Lipinski definition) is 2. The van der Waals surface area contributed by atoms with Crippen molar-refractivity contribution in [2.45, 2.75) is 45.8 Å². The fraction of sp³-hybridized carbons (Fsp3) is 0.538. The Morgan fingerprint density at radius 1 is 1.05 bits per heavy atom. The molecule has 0 aromatic heterocycles. The molecule has 1 fully saturated rings. The fourth-order valence-corrected chi connectivity index (χ4v) is 2.44. The molecular formula is C13H16BBrF2O2. The van der Waals surface area contributed by atoms with Gasteiger partial charge in [-0.1, -0.05) is 0 Å². The Labute approximate surface area is 120 Å². The first-order chi connectivity index (χ1) is 8.57. The second-order valence-electron chi connectivity index (χ2n) is 5.79. The van der Waals surface area contributed by atoms with E-state index in [9.17, 15) is 8.78 Å². The molecule has 1 aromatic carbocycles. The van der Waals surface area contributed by atoms with E-state index in [1.807, 2.05) is 27.7 Å². The molecule has 0 amide bonds. The van der Waals surface area contributed by atoms with E-state index in [0.29, 0.717) is 0 Å². The van der Waals surface area contributed by atoms with Gasteiger partial charge in [0.15, 0.2) is 0 Å². The molecule has 1 saturated heterocycles. The van der Waals surface area contributed by atoms with E-state index in [0.717, 1.165) is 0 Å². The molecule has 1 heterocycles. The summed E-state index contributed by atoms with van der Waals surface area (Å²) in [5, 5.41) is 0. The van der Waals surface area contributed by atoms with Crippen LogP contribution in [0.1, 0.15) is 33.3 Å². The second kappa shape index (κ2) is 4.53.